The van der Waals surface area contributed by atoms with Gasteiger partial charge in [0.25, 0.3) is 0 Å². The summed E-state index contributed by atoms with van der Waals surface area (Å²) in [6, 6.07) is 44.2. The molecule has 0 saturated carbocycles. The minimum atomic E-state index is -0.417. The molecule has 0 unspecified atom stereocenters. The number of para-hydroxylation sites is 2. The van der Waals surface area contributed by atoms with Crippen LogP contribution in [0.15, 0.2) is 133 Å². The SMILES string of the molecule is CC(C)(C)C(=O)/C=C(\O)C(C)(C)C.[Ir].[c-]1ccc2c3c1c1ncc4ccccc4c1n(-c1ccccc1)c1cccc(c31)n2-c1ccccc1. The zero-order valence-electron chi connectivity index (χ0n) is 29.2. The molecule has 3 heterocycles. The molecule has 0 aliphatic carbocycles. The number of rotatable bonds is 3. The number of benzene rings is 5. The minimum Gasteiger partial charge on any atom is -0.512 e. The van der Waals surface area contributed by atoms with Crippen LogP contribution in [0.3, 0.4) is 0 Å². The van der Waals surface area contributed by atoms with Crippen molar-refractivity contribution < 1.29 is 30.0 Å². The molecular weight excluding hydrogens is 795 g/mol. The maximum Gasteiger partial charge on any atom is 0.164 e. The number of aliphatic hydroxyl groups is 1. The second kappa shape index (κ2) is 13.4. The summed E-state index contributed by atoms with van der Waals surface area (Å²) >= 11 is 0. The van der Waals surface area contributed by atoms with Crippen LogP contribution in [0, 0.1) is 16.9 Å². The van der Waals surface area contributed by atoms with Crippen molar-refractivity contribution in [3.8, 4) is 11.4 Å². The summed E-state index contributed by atoms with van der Waals surface area (Å²) in [5.41, 5.74) is 7.02. The Morgan fingerprint density at radius 1 is 0.680 bits per heavy atom. The van der Waals surface area contributed by atoms with Gasteiger partial charge in [0.15, 0.2) is 5.78 Å². The van der Waals surface area contributed by atoms with Crippen LogP contribution in [0.1, 0.15) is 41.5 Å². The van der Waals surface area contributed by atoms with E-state index in [0.717, 1.165) is 44.2 Å². The van der Waals surface area contributed by atoms with Gasteiger partial charge < -0.3 is 19.2 Å². The molecule has 8 aromatic rings. The molecule has 3 aromatic heterocycles. The fourth-order valence-electron chi connectivity index (χ4n) is 6.34. The van der Waals surface area contributed by atoms with Gasteiger partial charge in [-0.3, -0.25) is 4.79 Å². The molecule has 0 amide bonds. The monoisotopic (exact) mass is 835 g/mol. The topological polar surface area (TPSA) is 60.0 Å². The zero-order valence-corrected chi connectivity index (χ0v) is 31.5. The molecule has 253 valence electrons. The van der Waals surface area contributed by atoms with Crippen LogP contribution in [-0.4, -0.2) is 25.0 Å². The molecule has 0 spiro atoms. The molecule has 6 heteroatoms. The maximum atomic E-state index is 11.5. The van der Waals surface area contributed by atoms with Gasteiger partial charge in [-0.25, -0.2) is 0 Å². The van der Waals surface area contributed by atoms with Gasteiger partial charge >= 0.3 is 0 Å². The third-order valence-electron chi connectivity index (χ3n) is 9.01. The smallest absolute Gasteiger partial charge is 0.164 e. The van der Waals surface area contributed by atoms with Crippen LogP contribution in [0.4, 0.5) is 0 Å². The fourth-order valence-corrected chi connectivity index (χ4v) is 6.34. The average Bonchev–Trinajstić information content (AvgIpc) is 3.37. The molecule has 0 aliphatic rings. The predicted octanol–water partition coefficient (Wildman–Crippen LogP) is 11.3. The standard InChI is InChI=1S/C33H20N3.C11H20O2.Ir/c1-3-12-23(13-4-1)35-27-18-9-17-26-30(27)31-28(35)19-10-20-29(31)36(24-14-5-2-6-15-24)33-25-16-8-7-11-22(25)21-34-32(26)33;1-10(2,3)8(12)7-9(13)11(4,5)6;/h1-16,18-21H;7,12H,1-6H3;/q-1;;/b;8-7-;. The van der Waals surface area contributed by atoms with Crippen molar-refractivity contribution in [1.29, 1.82) is 0 Å². The molecule has 8 rings (SSSR count). The van der Waals surface area contributed by atoms with E-state index in [1.807, 2.05) is 53.8 Å². The maximum absolute atomic E-state index is 11.5. The molecule has 5 nitrogen and oxygen atoms in total. The van der Waals surface area contributed by atoms with Gasteiger partial charge in [0.05, 0.1) is 0 Å². The first-order valence-electron chi connectivity index (χ1n) is 16.7. The number of carbonyl (C=O) groups is 1. The first-order valence-corrected chi connectivity index (χ1v) is 16.7. The van der Waals surface area contributed by atoms with Gasteiger partial charge in [0.2, 0.25) is 0 Å². The first-order chi connectivity index (χ1) is 23.4. The number of hydrogen-bond donors (Lipinski definition) is 1. The minimum absolute atomic E-state index is 0. The van der Waals surface area contributed by atoms with Crippen molar-refractivity contribution in [2.24, 2.45) is 10.8 Å². The molecule has 0 saturated heterocycles. The Bertz CT molecular complexity index is 2530. The van der Waals surface area contributed by atoms with Crippen LogP contribution in [-0.2, 0) is 24.9 Å². The number of pyridine rings is 1. The number of allylic oxidation sites excluding steroid dienone is 2. The molecule has 0 aliphatic heterocycles. The predicted molar refractivity (Wildman–Crippen MR) is 204 cm³/mol. The Kier molecular flexibility index (Phi) is 9.30. The quantitative estimate of drug-likeness (QED) is 0.110. The normalized spacial score (nSPS) is 12.3. The summed E-state index contributed by atoms with van der Waals surface area (Å²) < 4.78 is 4.75. The number of aromatic nitrogens is 3. The van der Waals surface area contributed by atoms with E-state index >= 15 is 0 Å². The van der Waals surface area contributed by atoms with Gasteiger partial charge in [0.1, 0.15) is 5.76 Å². The summed E-state index contributed by atoms with van der Waals surface area (Å²) in [5.74, 6) is 0.104. The van der Waals surface area contributed by atoms with E-state index in [-0.39, 0.29) is 37.1 Å². The second-order valence-corrected chi connectivity index (χ2v) is 14.6. The summed E-state index contributed by atoms with van der Waals surface area (Å²) in [5, 5.41) is 15.3. The molecular formula is C44H40IrN3O2-. The van der Waals surface area contributed by atoms with E-state index in [1.54, 1.807) is 0 Å². The van der Waals surface area contributed by atoms with Gasteiger partial charge in [-0.2, -0.15) is 0 Å². The molecule has 1 radical (unpaired) electrons. The van der Waals surface area contributed by atoms with E-state index in [1.165, 1.54) is 27.8 Å². The van der Waals surface area contributed by atoms with Crippen molar-refractivity contribution in [1.82, 2.24) is 14.1 Å². The van der Waals surface area contributed by atoms with Gasteiger partial charge in [-0.05, 0) is 52.7 Å². The van der Waals surface area contributed by atoms with Crippen molar-refractivity contribution >= 4 is 60.3 Å². The van der Waals surface area contributed by atoms with Crippen LogP contribution in [0.5, 0.6) is 0 Å². The molecule has 0 fully saturated rings. The summed E-state index contributed by atoms with van der Waals surface area (Å²) in [4.78, 5) is 16.6. The number of ketones is 1. The zero-order chi connectivity index (χ0) is 34.5. The Labute approximate surface area is 306 Å². The van der Waals surface area contributed by atoms with Gasteiger partial charge in [0, 0.05) is 82.0 Å². The Morgan fingerprint density at radius 3 is 1.86 bits per heavy atom. The van der Waals surface area contributed by atoms with Crippen molar-refractivity contribution in [3.05, 3.63) is 139 Å². The largest absolute Gasteiger partial charge is 0.512 e. The third-order valence-corrected chi connectivity index (χ3v) is 9.01. The van der Waals surface area contributed by atoms with E-state index in [9.17, 15) is 9.90 Å². The van der Waals surface area contributed by atoms with Gasteiger partial charge in [-0.15, -0.1) is 23.6 Å². The van der Waals surface area contributed by atoms with Gasteiger partial charge in [-0.1, -0.05) is 114 Å². The molecule has 0 bridgehead atoms. The van der Waals surface area contributed by atoms with Crippen LogP contribution >= 0.6 is 0 Å². The van der Waals surface area contributed by atoms with Crippen LogP contribution in [0.2, 0.25) is 0 Å². The molecule has 50 heavy (non-hydrogen) atoms. The number of aliphatic hydroxyl groups excluding tert-OH is 1. The summed E-state index contributed by atoms with van der Waals surface area (Å²) in [6.07, 6.45) is 3.32. The third kappa shape index (κ3) is 6.15. The van der Waals surface area contributed by atoms with Crippen molar-refractivity contribution in [2.75, 3.05) is 0 Å². The fraction of sp³-hybridized carbons (Fsp3) is 0.182. The van der Waals surface area contributed by atoms with E-state index in [2.05, 4.69) is 124 Å². The molecule has 5 aromatic carbocycles. The van der Waals surface area contributed by atoms with E-state index < -0.39 is 5.41 Å². The van der Waals surface area contributed by atoms with Crippen LogP contribution < -0.4 is 0 Å². The summed E-state index contributed by atoms with van der Waals surface area (Å²) in [7, 11) is 0. The molecule has 0 atom stereocenters. The van der Waals surface area contributed by atoms with Crippen molar-refractivity contribution in [3.63, 3.8) is 0 Å². The van der Waals surface area contributed by atoms with Crippen LogP contribution in [0.25, 0.3) is 65.9 Å². The van der Waals surface area contributed by atoms with E-state index in [0.29, 0.717) is 0 Å². The van der Waals surface area contributed by atoms with E-state index in [4.69, 9.17) is 4.98 Å². The Morgan fingerprint density at radius 2 is 1.24 bits per heavy atom. The second-order valence-electron chi connectivity index (χ2n) is 14.6. The number of carbonyl (C=O) groups excluding carboxylic acids is 1. The Balaban J connectivity index is 0.000000267. The number of hydrogen-bond acceptors (Lipinski definition) is 3. The Hall–Kier alpha value is -5.03. The number of fused-ring (bicyclic) bond motifs is 4. The molecule has 1 N–H and O–H groups in total. The average molecular weight is 835 g/mol. The number of nitrogens with zero attached hydrogens (tertiary/aromatic N) is 3. The first kappa shape index (κ1) is 34.8. The van der Waals surface area contributed by atoms with Crippen molar-refractivity contribution in [2.45, 2.75) is 41.5 Å². The summed E-state index contributed by atoms with van der Waals surface area (Å²) in [6.45, 7) is 11.1.